The van der Waals surface area contributed by atoms with Gasteiger partial charge in [-0.15, -0.1) is 0 Å². The first-order chi connectivity index (χ1) is 12.1. The number of hydrogen-bond acceptors (Lipinski definition) is 4. The van der Waals surface area contributed by atoms with Gasteiger partial charge in [-0.05, 0) is 37.1 Å². The molecule has 3 atom stereocenters. The molecule has 6 nitrogen and oxygen atoms in total. The summed E-state index contributed by atoms with van der Waals surface area (Å²) >= 11 is 0. The number of morpholine rings is 1. The fraction of sp³-hybridized carbons (Fsp3) is 0.444. The highest BCUT2D eigenvalue weighted by atomic mass is 19.1. The molecule has 1 aliphatic carbocycles. The van der Waals surface area contributed by atoms with E-state index in [4.69, 9.17) is 9.47 Å². The number of carbonyl (C=O) groups excluding carboxylic acids is 1. The van der Waals surface area contributed by atoms with Gasteiger partial charge in [0.2, 0.25) is 0 Å². The van der Waals surface area contributed by atoms with Gasteiger partial charge < -0.3 is 18.9 Å². The van der Waals surface area contributed by atoms with Crippen LogP contribution in [0.1, 0.15) is 23.3 Å². The molecule has 2 aromatic heterocycles. The van der Waals surface area contributed by atoms with E-state index in [-0.39, 0.29) is 30.0 Å². The van der Waals surface area contributed by atoms with Crippen molar-refractivity contribution in [1.29, 1.82) is 0 Å². The molecule has 3 heterocycles. The van der Waals surface area contributed by atoms with Crippen LogP contribution in [0.15, 0.2) is 36.7 Å². The summed E-state index contributed by atoms with van der Waals surface area (Å²) in [4.78, 5) is 18.7. The molecule has 0 aromatic carbocycles. The summed E-state index contributed by atoms with van der Waals surface area (Å²) in [5.74, 6) is -0.503. The van der Waals surface area contributed by atoms with Gasteiger partial charge in [-0.25, -0.2) is 9.37 Å². The average molecular weight is 345 g/mol. The molecular weight excluding hydrogens is 325 g/mol. The predicted molar refractivity (Wildman–Crippen MR) is 87.8 cm³/mol. The number of rotatable bonds is 3. The zero-order valence-corrected chi connectivity index (χ0v) is 14.0. The quantitative estimate of drug-likeness (QED) is 0.854. The van der Waals surface area contributed by atoms with Crippen LogP contribution in [-0.2, 0) is 11.8 Å². The summed E-state index contributed by atoms with van der Waals surface area (Å²) in [6.45, 7) is 0.998. The molecule has 4 rings (SSSR count). The van der Waals surface area contributed by atoms with E-state index in [1.165, 1.54) is 18.3 Å². The Balaban J connectivity index is 1.52. The van der Waals surface area contributed by atoms with Crippen LogP contribution >= 0.6 is 0 Å². The van der Waals surface area contributed by atoms with E-state index in [0.29, 0.717) is 25.3 Å². The van der Waals surface area contributed by atoms with Gasteiger partial charge in [-0.1, -0.05) is 0 Å². The van der Waals surface area contributed by atoms with Crippen LogP contribution in [-0.4, -0.2) is 51.8 Å². The molecule has 2 fully saturated rings. The van der Waals surface area contributed by atoms with Crippen LogP contribution in [0.3, 0.4) is 0 Å². The van der Waals surface area contributed by atoms with Crippen LogP contribution < -0.4 is 4.74 Å². The molecular formula is C18H20FN3O3. The van der Waals surface area contributed by atoms with Crippen molar-refractivity contribution in [1.82, 2.24) is 14.5 Å². The van der Waals surface area contributed by atoms with Crippen molar-refractivity contribution in [2.75, 3.05) is 13.2 Å². The second kappa shape index (κ2) is 6.48. The molecule has 132 valence electrons. The van der Waals surface area contributed by atoms with Crippen molar-refractivity contribution in [3.05, 3.63) is 48.2 Å². The Morgan fingerprint density at radius 2 is 2.24 bits per heavy atom. The first kappa shape index (κ1) is 16.1. The first-order valence-electron chi connectivity index (χ1n) is 8.46. The largest absolute Gasteiger partial charge is 0.469 e. The number of fused-ring (bicyclic) bond motifs is 1. The Bertz CT molecular complexity index is 778. The predicted octanol–water partition coefficient (Wildman–Crippen LogP) is 2.01. The molecule has 7 heteroatoms. The van der Waals surface area contributed by atoms with Gasteiger partial charge in [-0.3, -0.25) is 4.79 Å². The molecule has 1 amide bonds. The van der Waals surface area contributed by atoms with Crippen LogP contribution in [0.4, 0.5) is 4.39 Å². The maximum Gasteiger partial charge on any atom is 0.270 e. The van der Waals surface area contributed by atoms with Gasteiger partial charge in [0.1, 0.15) is 17.9 Å². The van der Waals surface area contributed by atoms with E-state index >= 15 is 0 Å². The molecule has 1 saturated carbocycles. The lowest BCUT2D eigenvalue weighted by molar-refractivity contribution is -0.0800. The van der Waals surface area contributed by atoms with Gasteiger partial charge in [0.25, 0.3) is 11.8 Å². The first-order valence-corrected chi connectivity index (χ1v) is 8.46. The lowest BCUT2D eigenvalue weighted by atomic mass is 10.1. The van der Waals surface area contributed by atoms with Crippen LogP contribution in [0, 0.1) is 5.82 Å². The monoisotopic (exact) mass is 345 g/mol. The van der Waals surface area contributed by atoms with Crippen molar-refractivity contribution < 1.29 is 18.7 Å². The topological polar surface area (TPSA) is 56.6 Å². The molecule has 1 aliphatic heterocycles. The van der Waals surface area contributed by atoms with E-state index < -0.39 is 5.82 Å². The fourth-order valence-electron chi connectivity index (χ4n) is 3.73. The summed E-state index contributed by atoms with van der Waals surface area (Å²) in [6.07, 6.45) is 4.24. The number of aromatic nitrogens is 2. The number of ether oxygens (including phenoxy) is 2. The van der Waals surface area contributed by atoms with Gasteiger partial charge in [0, 0.05) is 26.0 Å². The van der Waals surface area contributed by atoms with E-state index in [1.807, 2.05) is 34.8 Å². The number of nitrogens with zero attached hydrogens (tertiary/aromatic N) is 3. The third kappa shape index (κ3) is 2.89. The summed E-state index contributed by atoms with van der Waals surface area (Å²) in [6, 6.07) is 6.46. The summed E-state index contributed by atoms with van der Waals surface area (Å²) in [7, 11) is 1.86. The highest BCUT2D eigenvalue weighted by Gasteiger charge is 2.46. The Kier molecular flexibility index (Phi) is 4.17. The minimum Gasteiger partial charge on any atom is -0.469 e. The van der Waals surface area contributed by atoms with Crippen molar-refractivity contribution in [3.8, 4) is 5.88 Å². The minimum absolute atomic E-state index is 0.00420. The van der Waals surface area contributed by atoms with E-state index in [2.05, 4.69) is 4.98 Å². The number of amides is 1. The zero-order valence-electron chi connectivity index (χ0n) is 14.0. The van der Waals surface area contributed by atoms with Crippen molar-refractivity contribution in [2.24, 2.45) is 7.05 Å². The zero-order chi connectivity index (χ0) is 17.4. The molecule has 2 aliphatic rings. The van der Waals surface area contributed by atoms with E-state index in [1.54, 1.807) is 0 Å². The Morgan fingerprint density at radius 3 is 3.00 bits per heavy atom. The van der Waals surface area contributed by atoms with Gasteiger partial charge in [-0.2, -0.15) is 0 Å². The van der Waals surface area contributed by atoms with Crippen LogP contribution in [0.5, 0.6) is 5.88 Å². The second-order valence-electron chi connectivity index (χ2n) is 6.43. The summed E-state index contributed by atoms with van der Waals surface area (Å²) < 4.78 is 27.3. The molecule has 0 spiro atoms. The molecule has 0 radical (unpaired) electrons. The number of carbonyl (C=O) groups is 1. The second-order valence-corrected chi connectivity index (χ2v) is 6.43. The van der Waals surface area contributed by atoms with Gasteiger partial charge >= 0.3 is 0 Å². The smallest absolute Gasteiger partial charge is 0.270 e. The van der Waals surface area contributed by atoms with Gasteiger partial charge in [0.15, 0.2) is 5.82 Å². The maximum absolute atomic E-state index is 13.8. The Morgan fingerprint density at radius 1 is 1.36 bits per heavy atom. The highest BCUT2D eigenvalue weighted by molar-refractivity contribution is 5.93. The number of pyridine rings is 1. The van der Waals surface area contributed by atoms with Gasteiger partial charge in [0.05, 0.1) is 12.6 Å². The molecule has 0 N–H and O–H groups in total. The molecule has 2 aromatic rings. The molecule has 0 bridgehead atoms. The van der Waals surface area contributed by atoms with Crippen molar-refractivity contribution in [2.45, 2.75) is 31.1 Å². The van der Waals surface area contributed by atoms with Crippen molar-refractivity contribution in [3.63, 3.8) is 0 Å². The van der Waals surface area contributed by atoms with Crippen molar-refractivity contribution >= 4 is 5.91 Å². The normalized spacial score (nSPS) is 25.7. The lowest BCUT2D eigenvalue weighted by Gasteiger charge is -2.38. The third-order valence-electron chi connectivity index (χ3n) is 4.95. The standard InChI is InChI=1S/C18H20FN3O3/c1-21-9-3-5-14(21)18(23)22-10-11-24-16-13(22)6-7-15(16)25-17-12(19)4-2-8-20-17/h2-5,8-9,13,15-16H,6-7,10-11H2,1H3/t13-,15-,16+/m0/s1. The highest BCUT2D eigenvalue weighted by Crippen LogP contribution is 2.33. The van der Waals surface area contributed by atoms with Crippen LogP contribution in [0.25, 0.3) is 0 Å². The average Bonchev–Trinajstić information content (AvgIpc) is 3.23. The fourth-order valence-corrected chi connectivity index (χ4v) is 3.73. The Hall–Kier alpha value is -2.41. The molecule has 25 heavy (non-hydrogen) atoms. The number of halogens is 1. The number of hydrogen-bond donors (Lipinski definition) is 0. The molecule has 0 unspecified atom stereocenters. The Labute approximate surface area is 145 Å². The number of aryl methyl sites for hydroxylation is 1. The summed E-state index contributed by atoms with van der Waals surface area (Å²) in [5, 5.41) is 0. The van der Waals surface area contributed by atoms with Crippen LogP contribution in [0.2, 0.25) is 0 Å². The minimum atomic E-state index is -0.487. The molecule has 1 saturated heterocycles. The maximum atomic E-state index is 13.8. The van der Waals surface area contributed by atoms with E-state index in [0.717, 1.165) is 6.42 Å². The lowest BCUT2D eigenvalue weighted by Crippen LogP contribution is -2.54. The SMILES string of the molecule is Cn1cccc1C(=O)N1CCO[C@H]2[C@@H](Oc3ncccc3F)CC[C@@H]21. The van der Waals surface area contributed by atoms with E-state index in [9.17, 15) is 9.18 Å². The third-order valence-corrected chi connectivity index (χ3v) is 4.95. The summed E-state index contributed by atoms with van der Waals surface area (Å²) in [5.41, 5.74) is 0.654.